The SMILES string of the molecule is COc1c(C)ccc(C2(O)CC2)c1OC. The Morgan fingerprint density at radius 2 is 1.73 bits per heavy atom. The van der Waals surface area contributed by atoms with Crippen LogP contribution in [0.25, 0.3) is 0 Å². The van der Waals surface area contributed by atoms with Gasteiger partial charge in [-0.05, 0) is 25.3 Å². The first-order valence-electron chi connectivity index (χ1n) is 5.07. The highest BCUT2D eigenvalue weighted by atomic mass is 16.5. The maximum absolute atomic E-state index is 10.1. The van der Waals surface area contributed by atoms with Crippen LogP contribution in [-0.4, -0.2) is 19.3 Å². The van der Waals surface area contributed by atoms with Crippen molar-refractivity contribution in [2.24, 2.45) is 0 Å². The van der Waals surface area contributed by atoms with E-state index in [0.717, 1.165) is 29.7 Å². The minimum atomic E-state index is -0.688. The summed E-state index contributed by atoms with van der Waals surface area (Å²) in [5, 5.41) is 10.1. The molecule has 1 fully saturated rings. The molecule has 1 aliphatic rings. The summed E-state index contributed by atoms with van der Waals surface area (Å²) in [7, 11) is 3.22. The Bertz CT molecular complexity index is 381. The molecule has 2 rings (SSSR count). The summed E-state index contributed by atoms with van der Waals surface area (Å²) in [6.45, 7) is 1.96. The highest BCUT2D eigenvalue weighted by Crippen LogP contribution is 2.51. The van der Waals surface area contributed by atoms with E-state index in [1.54, 1.807) is 14.2 Å². The van der Waals surface area contributed by atoms with E-state index in [0.29, 0.717) is 5.75 Å². The van der Waals surface area contributed by atoms with Crippen LogP contribution in [0.15, 0.2) is 12.1 Å². The predicted molar refractivity (Wildman–Crippen MR) is 57.4 cm³/mol. The molecule has 0 aromatic heterocycles. The van der Waals surface area contributed by atoms with Crippen LogP contribution in [0, 0.1) is 6.92 Å². The van der Waals surface area contributed by atoms with Gasteiger partial charge in [-0.25, -0.2) is 0 Å². The van der Waals surface area contributed by atoms with Crippen molar-refractivity contribution >= 4 is 0 Å². The van der Waals surface area contributed by atoms with Crippen LogP contribution in [0.4, 0.5) is 0 Å². The number of aryl methyl sites for hydroxylation is 1. The highest BCUT2D eigenvalue weighted by molar-refractivity contribution is 5.54. The van der Waals surface area contributed by atoms with Crippen molar-refractivity contribution in [3.8, 4) is 11.5 Å². The molecule has 82 valence electrons. The van der Waals surface area contributed by atoms with Gasteiger partial charge in [0.25, 0.3) is 0 Å². The van der Waals surface area contributed by atoms with Crippen LogP contribution in [0.5, 0.6) is 11.5 Å². The Kier molecular flexibility index (Phi) is 2.35. The highest BCUT2D eigenvalue weighted by Gasteiger charge is 2.45. The second kappa shape index (κ2) is 3.42. The van der Waals surface area contributed by atoms with Gasteiger partial charge in [0.2, 0.25) is 0 Å². The van der Waals surface area contributed by atoms with Crippen molar-refractivity contribution in [3.05, 3.63) is 23.3 Å². The largest absolute Gasteiger partial charge is 0.493 e. The number of hydrogen-bond acceptors (Lipinski definition) is 3. The van der Waals surface area contributed by atoms with Crippen LogP contribution >= 0.6 is 0 Å². The van der Waals surface area contributed by atoms with Gasteiger partial charge in [-0.15, -0.1) is 0 Å². The summed E-state index contributed by atoms with van der Waals surface area (Å²) in [6, 6.07) is 3.87. The summed E-state index contributed by atoms with van der Waals surface area (Å²) < 4.78 is 10.6. The molecule has 1 saturated carbocycles. The fourth-order valence-corrected chi connectivity index (χ4v) is 1.87. The third-order valence-corrected chi connectivity index (χ3v) is 2.94. The molecule has 0 spiro atoms. The van der Waals surface area contributed by atoms with E-state index in [9.17, 15) is 5.11 Å². The molecule has 0 atom stereocenters. The first kappa shape index (κ1) is 10.3. The van der Waals surface area contributed by atoms with Crippen molar-refractivity contribution in [2.45, 2.75) is 25.4 Å². The van der Waals surface area contributed by atoms with Crippen molar-refractivity contribution < 1.29 is 14.6 Å². The number of ether oxygens (including phenoxy) is 2. The number of rotatable bonds is 3. The normalized spacial score (nSPS) is 17.3. The second-order valence-corrected chi connectivity index (χ2v) is 4.03. The lowest BCUT2D eigenvalue weighted by Gasteiger charge is -2.17. The monoisotopic (exact) mass is 208 g/mol. The van der Waals surface area contributed by atoms with Crippen LogP contribution in [-0.2, 0) is 5.60 Å². The molecule has 1 N–H and O–H groups in total. The molecule has 0 unspecified atom stereocenters. The third-order valence-electron chi connectivity index (χ3n) is 2.94. The molecule has 0 heterocycles. The molecule has 3 nitrogen and oxygen atoms in total. The minimum Gasteiger partial charge on any atom is -0.493 e. The van der Waals surface area contributed by atoms with Crippen molar-refractivity contribution in [1.29, 1.82) is 0 Å². The van der Waals surface area contributed by atoms with E-state index < -0.39 is 5.60 Å². The zero-order valence-electron chi connectivity index (χ0n) is 9.33. The Labute approximate surface area is 89.6 Å². The van der Waals surface area contributed by atoms with Gasteiger partial charge in [0, 0.05) is 5.56 Å². The van der Waals surface area contributed by atoms with Crippen molar-refractivity contribution in [2.75, 3.05) is 14.2 Å². The topological polar surface area (TPSA) is 38.7 Å². The molecule has 1 aromatic carbocycles. The standard InChI is InChI=1S/C12H16O3/c1-8-4-5-9(12(13)6-7-12)11(15-3)10(8)14-2/h4-5,13H,6-7H2,1-3H3. The van der Waals surface area contributed by atoms with Crippen LogP contribution < -0.4 is 9.47 Å². The summed E-state index contributed by atoms with van der Waals surface area (Å²) in [6.07, 6.45) is 1.60. The smallest absolute Gasteiger partial charge is 0.167 e. The fraction of sp³-hybridized carbons (Fsp3) is 0.500. The third kappa shape index (κ3) is 1.57. The zero-order valence-corrected chi connectivity index (χ0v) is 9.33. The van der Waals surface area contributed by atoms with E-state index in [4.69, 9.17) is 9.47 Å². The molecule has 3 heteroatoms. The summed E-state index contributed by atoms with van der Waals surface area (Å²) >= 11 is 0. The Balaban J connectivity index is 2.55. The van der Waals surface area contributed by atoms with Crippen molar-refractivity contribution in [3.63, 3.8) is 0 Å². The molecular formula is C12H16O3. The van der Waals surface area contributed by atoms with Crippen LogP contribution in [0.2, 0.25) is 0 Å². The van der Waals surface area contributed by atoms with Gasteiger partial charge in [0.15, 0.2) is 11.5 Å². The van der Waals surface area contributed by atoms with Gasteiger partial charge in [-0.3, -0.25) is 0 Å². The number of hydrogen-bond donors (Lipinski definition) is 1. The van der Waals surface area contributed by atoms with Gasteiger partial charge in [0.1, 0.15) is 0 Å². The van der Waals surface area contributed by atoms with Gasteiger partial charge >= 0.3 is 0 Å². The molecule has 0 aliphatic heterocycles. The average Bonchev–Trinajstić information content (AvgIpc) is 2.96. The first-order valence-corrected chi connectivity index (χ1v) is 5.07. The van der Waals surface area contributed by atoms with Gasteiger partial charge < -0.3 is 14.6 Å². The van der Waals surface area contributed by atoms with Gasteiger partial charge in [-0.2, -0.15) is 0 Å². The lowest BCUT2D eigenvalue weighted by Crippen LogP contribution is -2.08. The average molecular weight is 208 g/mol. The van der Waals surface area contributed by atoms with E-state index >= 15 is 0 Å². The quantitative estimate of drug-likeness (QED) is 0.825. The lowest BCUT2D eigenvalue weighted by atomic mass is 10.0. The molecule has 0 saturated heterocycles. The number of methoxy groups -OCH3 is 2. The lowest BCUT2D eigenvalue weighted by molar-refractivity contribution is 0.146. The molecule has 0 amide bonds. The molecule has 0 radical (unpaired) electrons. The predicted octanol–water partition coefficient (Wildman–Crippen LogP) is 1.99. The number of aliphatic hydroxyl groups is 1. The molecule has 0 bridgehead atoms. The van der Waals surface area contributed by atoms with E-state index in [-0.39, 0.29) is 0 Å². The maximum Gasteiger partial charge on any atom is 0.167 e. The zero-order chi connectivity index (χ0) is 11.1. The van der Waals surface area contributed by atoms with Gasteiger partial charge in [0.05, 0.1) is 19.8 Å². The van der Waals surface area contributed by atoms with Crippen LogP contribution in [0.1, 0.15) is 24.0 Å². The molecule has 1 aromatic rings. The van der Waals surface area contributed by atoms with Gasteiger partial charge in [-0.1, -0.05) is 12.1 Å². The minimum absolute atomic E-state index is 0.664. The second-order valence-electron chi connectivity index (χ2n) is 4.03. The van der Waals surface area contributed by atoms with E-state index in [1.807, 2.05) is 19.1 Å². The molecule has 1 aliphatic carbocycles. The first-order chi connectivity index (χ1) is 7.12. The Hall–Kier alpha value is -1.22. The van der Waals surface area contributed by atoms with E-state index in [1.165, 1.54) is 0 Å². The van der Waals surface area contributed by atoms with E-state index in [2.05, 4.69) is 0 Å². The molecule has 15 heavy (non-hydrogen) atoms. The summed E-state index contributed by atoms with van der Waals surface area (Å²) in [4.78, 5) is 0. The molecular weight excluding hydrogens is 192 g/mol. The Morgan fingerprint density at radius 1 is 1.13 bits per heavy atom. The van der Waals surface area contributed by atoms with Crippen LogP contribution in [0.3, 0.4) is 0 Å². The Morgan fingerprint density at radius 3 is 2.20 bits per heavy atom. The number of benzene rings is 1. The van der Waals surface area contributed by atoms with Crippen molar-refractivity contribution in [1.82, 2.24) is 0 Å². The summed E-state index contributed by atoms with van der Waals surface area (Å²) in [5.74, 6) is 1.38. The fourth-order valence-electron chi connectivity index (χ4n) is 1.87. The summed E-state index contributed by atoms with van der Waals surface area (Å²) in [5.41, 5.74) is 1.17. The maximum atomic E-state index is 10.1.